The molecule has 172 valence electrons. The van der Waals surface area contributed by atoms with Gasteiger partial charge in [0.05, 0.1) is 30.2 Å². The monoisotopic (exact) mass is 530 g/mol. The molecule has 1 amide bonds. The molecule has 33 heavy (non-hydrogen) atoms. The third kappa shape index (κ3) is 5.46. The van der Waals surface area contributed by atoms with Crippen LogP contribution in [0.25, 0.3) is 10.9 Å². The molecule has 0 fully saturated rings. The van der Waals surface area contributed by atoms with Crippen LogP contribution in [0.1, 0.15) is 23.6 Å². The van der Waals surface area contributed by atoms with Gasteiger partial charge in [0, 0.05) is 26.9 Å². The number of benzene rings is 2. The number of carbonyl (C=O) groups is 2. The Labute approximate surface area is 205 Å². The lowest BCUT2D eigenvalue weighted by atomic mass is 9.93. The summed E-state index contributed by atoms with van der Waals surface area (Å²) in [4.78, 5) is 34.8. The van der Waals surface area contributed by atoms with E-state index in [1.807, 2.05) is 42.5 Å². The van der Waals surface area contributed by atoms with Crippen LogP contribution in [0, 0.1) is 0 Å². The van der Waals surface area contributed by atoms with Gasteiger partial charge in [0.25, 0.3) is 0 Å². The number of aromatic nitrogens is 1. The van der Waals surface area contributed by atoms with E-state index in [0.29, 0.717) is 23.7 Å². The number of H-pyrrole nitrogens is 1. The molecule has 9 heteroatoms. The lowest BCUT2D eigenvalue weighted by Gasteiger charge is -2.15. The van der Waals surface area contributed by atoms with Crippen LogP contribution < -0.4 is 5.32 Å². The van der Waals surface area contributed by atoms with Gasteiger partial charge >= 0.3 is 5.97 Å². The van der Waals surface area contributed by atoms with Crippen LogP contribution in [0.5, 0.6) is 0 Å². The van der Waals surface area contributed by atoms with Crippen molar-refractivity contribution >= 4 is 61.7 Å². The normalized spacial score (nSPS) is 14.9. The highest BCUT2D eigenvalue weighted by atomic mass is 79.9. The number of likely N-dealkylation sites (N-methyl/N-ethyl adjacent to an activating group) is 1. The van der Waals surface area contributed by atoms with Crippen molar-refractivity contribution in [1.29, 1.82) is 0 Å². The number of aliphatic imine (C=N–C) groups is 1. The highest BCUT2D eigenvalue weighted by molar-refractivity contribution is 9.10. The number of amides is 1. The van der Waals surface area contributed by atoms with Crippen molar-refractivity contribution in [3.63, 3.8) is 0 Å². The van der Waals surface area contributed by atoms with Crippen molar-refractivity contribution < 1.29 is 14.3 Å². The van der Waals surface area contributed by atoms with Crippen LogP contribution in [-0.4, -0.2) is 61.3 Å². The Morgan fingerprint density at radius 2 is 2.03 bits per heavy atom. The molecule has 0 spiro atoms. The van der Waals surface area contributed by atoms with Gasteiger partial charge in [-0.3, -0.25) is 14.5 Å². The van der Waals surface area contributed by atoms with Crippen molar-refractivity contribution in [2.75, 3.05) is 33.8 Å². The summed E-state index contributed by atoms with van der Waals surface area (Å²) < 4.78 is 6.08. The van der Waals surface area contributed by atoms with Crippen LogP contribution in [0.3, 0.4) is 0 Å². The topological polar surface area (TPSA) is 86.8 Å². The zero-order chi connectivity index (χ0) is 23.5. The predicted molar refractivity (Wildman–Crippen MR) is 134 cm³/mol. The first-order chi connectivity index (χ1) is 15.8. The summed E-state index contributed by atoms with van der Waals surface area (Å²) in [6.45, 7) is 0.882. The molecule has 7 nitrogen and oxygen atoms in total. The number of hydrogen-bond acceptors (Lipinski definition) is 5. The molecular weight excluding hydrogens is 508 g/mol. The second kappa shape index (κ2) is 10.1. The Morgan fingerprint density at radius 1 is 1.21 bits per heavy atom. The Bertz CT molecular complexity index is 1240. The van der Waals surface area contributed by atoms with Gasteiger partial charge in [-0.25, -0.2) is 4.99 Å². The maximum absolute atomic E-state index is 13.2. The SMILES string of the molecule is CN(C)CC(=O)OCCCNC(=O)C1C(c2cc3cc(Cl)ccc3[nH]2)=Nc2cc(Br)ccc21. The molecular formula is C24H24BrClN4O3. The van der Waals surface area contributed by atoms with Crippen molar-refractivity contribution in [3.8, 4) is 0 Å². The number of nitrogens with zero attached hydrogens (tertiary/aromatic N) is 2. The van der Waals surface area contributed by atoms with Crippen molar-refractivity contribution in [2.24, 2.45) is 4.99 Å². The number of aromatic amines is 1. The molecule has 0 bridgehead atoms. The number of fused-ring (bicyclic) bond motifs is 2. The standard InChI is InChI=1S/C24H24BrClN4O3/c1-30(2)13-21(31)33-9-3-8-27-24(32)22-17-6-4-15(25)12-19(17)29-23(22)20-11-14-10-16(26)5-7-18(14)28-20/h4-7,10-12,22,28H,3,8-9,13H2,1-2H3,(H,27,32). The third-order valence-electron chi connectivity index (χ3n) is 5.27. The van der Waals surface area contributed by atoms with E-state index in [0.717, 1.165) is 32.3 Å². The lowest BCUT2D eigenvalue weighted by molar-refractivity contribution is -0.144. The van der Waals surface area contributed by atoms with Gasteiger partial charge < -0.3 is 15.0 Å². The largest absolute Gasteiger partial charge is 0.465 e. The Kier molecular flexibility index (Phi) is 7.17. The number of hydrogen-bond donors (Lipinski definition) is 2. The van der Waals surface area contributed by atoms with Crippen molar-refractivity contribution in [2.45, 2.75) is 12.3 Å². The molecule has 0 aliphatic carbocycles. The first-order valence-electron chi connectivity index (χ1n) is 10.6. The fraction of sp³-hybridized carbons (Fsp3) is 0.292. The molecule has 0 radical (unpaired) electrons. The number of halogens is 2. The minimum absolute atomic E-state index is 0.147. The zero-order valence-electron chi connectivity index (χ0n) is 18.3. The fourth-order valence-corrected chi connectivity index (χ4v) is 4.33. The molecule has 1 aromatic heterocycles. The molecule has 2 heterocycles. The maximum Gasteiger partial charge on any atom is 0.320 e. The van der Waals surface area contributed by atoms with Crippen molar-refractivity contribution in [3.05, 3.63) is 63.2 Å². The van der Waals surface area contributed by atoms with Crippen LogP contribution in [0.2, 0.25) is 5.02 Å². The summed E-state index contributed by atoms with van der Waals surface area (Å²) in [5, 5.41) is 4.57. The first kappa shape index (κ1) is 23.5. The summed E-state index contributed by atoms with van der Waals surface area (Å²) in [6.07, 6.45) is 0.530. The Morgan fingerprint density at radius 3 is 2.82 bits per heavy atom. The minimum Gasteiger partial charge on any atom is -0.465 e. The third-order valence-corrected chi connectivity index (χ3v) is 6.00. The summed E-state index contributed by atoms with van der Waals surface area (Å²) in [7, 11) is 3.61. The van der Waals surface area contributed by atoms with E-state index in [1.165, 1.54) is 0 Å². The lowest BCUT2D eigenvalue weighted by Crippen LogP contribution is -2.34. The van der Waals surface area contributed by atoms with E-state index in [4.69, 9.17) is 21.3 Å². The summed E-state index contributed by atoms with van der Waals surface area (Å²) in [5.41, 5.74) is 3.96. The molecule has 2 N–H and O–H groups in total. The second-order valence-corrected chi connectivity index (χ2v) is 9.50. The van der Waals surface area contributed by atoms with Gasteiger partial charge in [0.2, 0.25) is 5.91 Å². The number of ether oxygens (including phenoxy) is 1. The fourth-order valence-electron chi connectivity index (χ4n) is 3.80. The minimum atomic E-state index is -0.548. The van der Waals surface area contributed by atoms with Crippen LogP contribution in [0.4, 0.5) is 5.69 Å². The van der Waals surface area contributed by atoms with E-state index < -0.39 is 5.92 Å². The van der Waals surface area contributed by atoms with Crippen LogP contribution >= 0.6 is 27.5 Å². The number of rotatable bonds is 8. The van der Waals surface area contributed by atoms with E-state index in [9.17, 15) is 9.59 Å². The molecule has 1 atom stereocenters. The smallest absolute Gasteiger partial charge is 0.320 e. The molecule has 1 aliphatic rings. The van der Waals surface area contributed by atoms with Gasteiger partial charge in [-0.15, -0.1) is 0 Å². The summed E-state index contributed by atoms with van der Waals surface area (Å²) >= 11 is 9.62. The van der Waals surface area contributed by atoms with Gasteiger partial charge in [0.1, 0.15) is 5.92 Å². The van der Waals surface area contributed by atoms with E-state index >= 15 is 0 Å². The van der Waals surface area contributed by atoms with E-state index in [2.05, 4.69) is 26.2 Å². The highest BCUT2D eigenvalue weighted by Crippen LogP contribution is 2.39. The maximum atomic E-state index is 13.2. The number of carbonyl (C=O) groups excluding carboxylic acids is 2. The van der Waals surface area contributed by atoms with Gasteiger partial charge in [-0.1, -0.05) is 33.6 Å². The Hall–Kier alpha value is -2.68. The number of nitrogens with one attached hydrogen (secondary N) is 2. The predicted octanol–water partition coefficient (Wildman–Crippen LogP) is 4.41. The van der Waals surface area contributed by atoms with Gasteiger partial charge in [-0.2, -0.15) is 0 Å². The van der Waals surface area contributed by atoms with Gasteiger partial charge in [-0.05, 0) is 62.5 Å². The first-order valence-corrected chi connectivity index (χ1v) is 11.7. The summed E-state index contributed by atoms with van der Waals surface area (Å²) in [5.74, 6) is -0.978. The average Bonchev–Trinajstić information content (AvgIpc) is 3.33. The zero-order valence-corrected chi connectivity index (χ0v) is 20.7. The highest BCUT2D eigenvalue weighted by Gasteiger charge is 2.35. The molecule has 2 aromatic carbocycles. The molecule has 3 aromatic rings. The summed E-state index contributed by atoms with van der Waals surface area (Å²) in [6, 6.07) is 13.3. The molecule has 1 unspecified atom stereocenters. The van der Waals surface area contributed by atoms with E-state index in [-0.39, 0.29) is 25.0 Å². The number of esters is 1. The second-order valence-electron chi connectivity index (χ2n) is 8.15. The van der Waals surface area contributed by atoms with Crippen LogP contribution in [-0.2, 0) is 14.3 Å². The van der Waals surface area contributed by atoms with Gasteiger partial charge in [0.15, 0.2) is 0 Å². The van der Waals surface area contributed by atoms with E-state index in [1.54, 1.807) is 19.0 Å². The molecule has 0 saturated carbocycles. The van der Waals surface area contributed by atoms with Crippen molar-refractivity contribution in [1.82, 2.24) is 15.2 Å². The molecule has 4 rings (SSSR count). The average molecular weight is 532 g/mol. The molecule has 1 aliphatic heterocycles. The van der Waals surface area contributed by atoms with Crippen LogP contribution in [0.15, 0.2) is 51.9 Å². The Balaban J connectivity index is 1.49. The quantitative estimate of drug-likeness (QED) is 0.333. The molecule has 0 saturated heterocycles.